The molecule has 0 amide bonds. The summed E-state index contributed by atoms with van der Waals surface area (Å²) in [6.07, 6.45) is 6.39. The number of H-pyrrole nitrogens is 1. The SMILES string of the molecule is CCNC(=NCCS(=O)(=O)NCC1CCC1)NCCc1c[nH]c2cccc(C)c12.I. The van der Waals surface area contributed by atoms with Crippen molar-refractivity contribution in [2.75, 3.05) is 31.9 Å². The predicted octanol–water partition coefficient (Wildman–Crippen LogP) is 2.91. The molecule has 1 fully saturated rings. The summed E-state index contributed by atoms with van der Waals surface area (Å²) in [6, 6.07) is 6.27. The van der Waals surface area contributed by atoms with Gasteiger partial charge in [-0.15, -0.1) is 24.0 Å². The van der Waals surface area contributed by atoms with Crippen LogP contribution in [0.25, 0.3) is 10.9 Å². The van der Waals surface area contributed by atoms with Gasteiger partial charge in [0.1, 0.15) is 0 Å². The van der Waals surface area contributed by atoms with Gasteiger partial charge in [-0.1, -0.05) is 18.6 Å². The normalized spacial score (nSPS) is 14.9. The molecule has 1 heterocycles. The zero-order valence-electron chi connectivity index (χ0n) is 17.8. The summed E-state index contributed by atoms with van der Waals surface area (Å²) in [5.74, 6) is 1.18. The zero-order valence-corrected chi connectivity index (χ0v) is 21.0. The number of aromatic nitrogens is 1. The first-order chi connectivity index (χ1) is 14.0. The number of guanidine groups is 1. The minimum absolute atomic E-state index is 0. The van der Waals surface area contributed by atoms with E-state index in [1.54, 1.807) is 0 Å². The van der Waals surface area contributed by atoms with Gasteiger partial charge in [-0.3, -0.25) is 4.99 Å². The van der Waals surface area contributed by atoms with Crippen molar-refractivity contribution < 1.29 is 8.42 Å². The van der Waals surface area contributed by atoms with Gasteiger partial charge in [0.05, 0.1) is 12.3 Å². The molecule has 1 aromatic carbocycles. The summed E-state index contributed by atoms with van der Waals surface area (Å²) < 4.78 is 26.9. The van der Waals surface area contributed by atoms with Crippen molar-refractivity contribution in [3.8, 4) is 0 Å². The fourth-order valence-corrected chi connectivity index (χ4v) is 4.56. The van der Waals surface area contributed by atoms with Crippen LogP contribution in [-0.4, -0.2) is 51.3 Å². The summed E-state index contributed by atoms with van der Waals surface area (Å²) in [6.45, 7) is 6.37. The van der Waals surface area contributed by atoms with Crippen molar-refractivity contribution in [1.82, 2.24) is 20.3 Å². The third kappa shape index (κ3) is 7.12. The van der Waals surface area contributed by atoms with Gasteiger partial charge in [-0.25, -0.2) is 13.1 Å². The van der Waals surface area contributed by atoms with Crippen LogP contribution in [0.4, 0.5) is 0 Å². The lowest BCUT2D eigenvalue weighted by Crippen LogP contribution is -2.39. The molecule has 0 radical (unpaired) electrons. The van der Waals surface area contributed by atoms with Crippen LogP contribution in [-0.2, 0) is 16.4 Å². The van der Waals surface area contributed by atoms with Crippen molar-refractivity contribution in [2.24, 2.45) is 10.9 Å². The lowest BCUT2D eigenvalue weighted by Gasteiger charge is -2.25. The average molecular weight is 548 g/mol. The summed E-state index contributed by atoms with van der Waals surface area (Å²) in [4.78, 5) is 7.75. The number of hydrogen-bond acceptors (Lipinski definition) is 3. The molecular formula is C21H34IN5O2S. The quantitative estimate of drug-likeness (QED) is 0.209. The number of halogens is 1. The number of sulfonamides is 1. The molecule has 1 aliphatic rings. The molecule has 0 spiro atoms. The molecule has 30 heavy (non-hydrogen) atoms. The van der Waals surface area contributed by atoms with E-state index in [0.29, 0.717) is 18.4 Å². The summed E-state index contributed by atoms with van der Waals surface area (Å²) in [5, 5.41) is 7.77. The Balaban J connectivity index is 0.00000320. The highest BCUT2D eigenvalue weighted by molar-refractivity contribution is 14.0. The standard InChI is InChI=1S/C21H33N5O2S.HI/c1-3-22-21(24-12-13-29(27,28)26-14-17-7-5-8-17)23-11-10-18-15-25-19-9-4-6-16(2)20(18)19;/h4,6,9,15,17,25-26H,3,5,7-8,10-14H2,1-2H3,(H2,22,23,24);1H. The first-order valence-corrected chi connectivity index (χ1v) is 12.2. The Hall–Kier alpha value is -1.33. The minimum Gasteiger partial charge on any atom is -0.361 e. The number of benzene rings is 1. The second kappa shape index (κ2) is 11.9. The maximum atomic E-state index is 12.1. The van der Waals surface area contributed by atoms with Crippen molar-refractivity contribution in [3.63, 3.8) is 0 Å². The van der Waals surface area contributed by atoms with Gasteiger partial charge in [0.15, 0.2) is 5.96 Å². The van der Waals surface area contributed by atoms with Crippen LogP contribution < -0.4 is 15.4 Å². The summed E-state index contributed by atoms with van der Waals surface area (Å²) in [7, 11) is -3.27. The molecule has 4 N–H and O–H groups in total. The summed E-state index contributed by atoms with van der Waals surface area (Å²) in [5.41, 5.74) is 3.68. The number of nitrogens with one attached hydrogen (secondary N) is 4. The number of nitrogens with zero attached hydrogens (tertiary/aromatic N) is 1. The molecule has 1 saturated carbocycles. The van der Waals surface area contributed by atoms with E-state index < -0.39 is 10.0 Å². The number of rotatable bonds is 10. The summed E-state index contributed by atoms with van der Waals surface area (Å²) >= 11 is 0. The second-order valence-electron chi connectivity index (χ2n) is 7.71. The molecule has 0 unspecified atom stereocenters. The molecule has 1 aliphatic carbocycles. The van der Waals surface area contributed by atoms with E-state index in [9.17, 15) is 8.42 Å². The smallest absolute Gasteiger partial charge is 0.213 e. The molecule has 2 aromatic rings. The predicted molar refractivity (Wildman–Crippen MR) is 135 cm³/mol. The van der Waals surface area contributed by atoms with Crippen LogP contribution in [0.1, 0.15) is 37.3 Å². The van der Waals surface area contributed by atoms with E-state index >= 15 is 0 Å². The maximum absolute atomic E-state index is 12.1. The van der Waals surface area contributed by atoms with Crippen molar-refractivity contribution >= 4 is 50.9 Å². The van der Waals surface area contributed by atoms with Gasteiger partial charge in [0.25, 0.3) is 0 Å². The van der Waals surface area contributed by atoms with E-state index in [1.165, 1.54) is 22.9 Å². The van der Waals surface area contributed by atoms with Gasteiger partial charge < -0.3 is 15.6 Å². The lowest BCUT2D eigenvalue weighted by atomic mass is 9.86. The minimum atomic E-state index is -3.27. The molecular weight excluding hydrogens is 513 g/mol. The van der Waals surface area contributed by atoms with Crippen molar-refractivity contribution in [3.05, 3.63) is 35.5 Å². The number of hydrogen-bond donors (Lipinski definition) is 4. The fraction of sp³-hybridized carbons (Fsp3) is 0.571. The molecule has 7 nitrogen and oxygen atoms in total. The van der Waals surface area contributed by atoms with E-state index in [-0.39, 0.29) is 36.3 Å². The van der Waals surface area contributed by atoms with E-state index in [1.807, 2.05) is 6.92 Å². The molecule has 0 saturated heterocycles. The molecule has 168 valence electrons. The van der Waals surface area contributed by atoms with Crippen LogP contribution in [0.15, 0.2) is 29.4 Å². The Bertz CT molecular complexity index is 938. The van der Waals surface area contributed by atoms with Gasteiger partial charge in [-0.2, -0.15) is 0 Å². The third-order valence-corrected chi connectivity index (χ3v) is 6.80. The molecule has 0 atom stereocenters. The Morgan fingerprint density at radius 1 is 1.27 bits per heavy atom. The van der Waals surface area contributed by atoms with Gasteiger partial charge >= 0.3 is 0 Å². The Morgan fingerprint density at radius 2 is 2.07 bits per heavy atom. The lowest BCUT2D eigenvalue weighted by molar-refractivity contribution is 0.316. The fourth-order valence-electron chi connectivity index (χ4n) is 3.60. The third-order valence-electron chi connectivity index (χ3n) is 5.47. The van der Waals surface area contributed by atoms with Crippen LogP contribution in [0.2, 0.25) is 0 Å². The molecule has 0 bridgehead atoms. The first-order valence-electron chi connectivity index (χ1n) is 10.5. The van der Waals surface area contributed by atoms with E-state index in [4.69, 9.17) is 0 Å². The van der Waals surface area contributed by atoms with Gasteiger partial charge in [0.2, 0.25) is 10.0 Å². The van der Waals surface area contributed by atoms with E-state index in [0.717, 1.165) is 37.9 Å². The molecule has 9 heteroatoms. The van der Waals surface area contributed by atoms with Crippen LogP contribution >= 0.6 is 24.0 Å². The Kier molecular flexibility index (Phi) is 9.89. The number of aryl methyl sites for hydroxylation is 1. The Labute approximate surface area is 197 Å². The number of fused-ring (bicyclic) bond motifs is 1. The highest BCUT2D eigenvalue weighted by Crippen LogP contribution is 2.25. The van der Waals surface area contributed by atoms with Gasteiger partial charge in [-0.05, 0) is 56.2 Å². The van der Waals surface area contributed by atoms with Crippen molar-refractivity contribution in [1.29, 1.82) is 0 Å². The molecule has 1 aromatic heterocycles. The zero-order chi connectivity index (χ0) is 20.7. The second-order valence-corrected chi connectivity index (χ2v) is 9.64. The Morgan fingerprint density at radius 3 is 2.77 bits per heavy atom. The number of aliphatic imine (C=N–C) groups is 1. The highest BCUT2D eigenvalue weighted by atomic mass is 127. The van der Waals surface area contributed by atoms with Crippen LogP contribution in [0, 0.1) is 12.8 Å². The maximum Gasteiger partial charge on any atom is 0.213 e. The highest BCUT2D eigenvalue weighted by Gasteiger charge is 2.19. The number of aromatic amines is 1. The van der Waals surface area contributed by atoms with Gasteiger partial charge in [0, 0.05) is 36.7 Å². The first kappa shape index (κ1) is 24.9. The van der Waals surface area contributed by atoms with Crippen LogP contribution in [0.3, 0.4) is 0 Å². The molecule has 0 aliphatic heterocycles. The van der Waals surface area contributed by atoms with E-state index in [2.05, 4.69) is 56.7 Å². The van der Waals surface area contributed by atoms with Crippen molar-refractivity contribution in [2.45, 2.75) is 39.5 Å². The molecule has 3 rings (SSSR count). The largest absolute Gasteiger partial charge is 0.361 e. The monoisotopic (exact) mass is 547 g/mol. The van der Waals surface area contributed by atoms with Crippen LogP contribution in [0.5, 0.6) is 0 Å². The average Bonchev–Trinajstić information content (AvgIpc) is 3.05. The topological polar surface area (TPSA) is 98.4 Å².